The van der Waals surface area contributed by atoms with Gasteiger partial charge in [-0.15, -0.1) is 0 Å². The van der Waals surface area contributed by atoms with Gasteiger partial charge in [0.05, 0.1) is 42.5 Å². The summed E-state index contributed by atoms with van der Waals surface area (Å²) < 4.78 is 10.2. The van der Waals surface area contributed by atoms with Crippen molar-refractivity contribution in [2.45, 2.75) is 85.0 Å². The lowest BCUT2D eigenvalue weighted by atomic mass is 9.67. The van der Waals surface area contributed by atoms with Gasteiger partial charge >= 0.3 is 17.9 Å². The predicted octanol–water partition coefficient (Wildman–Crippen LogP) is 6.50. The second-order valence-corrected chi connectivity index (χ2v) is 11.6. The number of ether oxygens (including phenoxy) is 2. The number of esters is 2. The van der Waals surface area contributed by atoms with Crippen LogP contribution in [-0.2, 0) is 28.7 Å². The van der Waals surface area contributed by atoms with Crippen molar-refractivity contribution in [1.29, 1.82) is 5.26 Å². The molecule has 2 N–H and O–H groups in total. The highest BCUT2D eigenvalue weighted by Crippen LogP contribution is 2.44. The number of rotatable bonds is 18. The number of hydrogen-bond donors (Lipinski definition) is 2. The zero-order valence-electron chi connectivity index (χ0n) is 24.7. The molecule has 0 spiro atoms. The zero-order valence-corrected chi connectivity index (χ0v) is 24.7. The Morgan fingerprint density at radius 2 is 1.65 bits per heavy atom. The number of carboxylic acids is 1. The molecule has 0 aromatic heterocycles. The van der Waals surface area contributed by atoms with Crippen LogP contribution in [0.2, 0.25) is 0 Å². The number of carbonyl (C=O) groups excluding carboxylic acids is 2. The minimum Gasteiger partial charge on any atom is -0.481 e. The summed E-state index contributed by atoms with van der Waals surface area (Å²) in [6.45, 7) is 10.5. The molecule has 40 heavy (non-hydrogen) atoms. The van der Waals surface area contributed by atoms with Crippen molar-refractivity contribution < 1.29 is 39.1 Å². The molecule has 0 saturated carbocycles. The van der Waals surface area contributed by atoms with Crippen LogP contribution in [0.15, 0.2) is 42.7 Å². The first-order chi connectivity index (χ1) is 18.7. The molecule has 0 saturated heterocycles. The lowest BCUT2D eigenvalue weighted by Gasteiger charge is -2.36. The van der Waals surface area contributed by atoms with E-state index in [1.54, 1.807) is 20.8 Å². The Labute approximate surface area is 238 Å². The van der Waals surface area contributed by atoms with Crippen molar-refractivity contribution >= 4 is 17.9 Å². The SMILES string of the molecule is C=C(CC(C)(C#N)CC(C)(CC(CCC(CCC(C)(CC)C(=O)O)c1ccccc1)C(=O)OC)C(=O)OC)OO. The number of carbonyl (C=O) groups is 3. The van der Waals surface area contributed by atoms with Crippen molar-refractivity contribution in [3.8, 4) is 6.07 Å². The van der Waals surface area contributed by atoms with Crippen LogP contribution in [0.5, 0.6) is 0 Å². The fourth-order valence-electron chi connectivity index (χ4n) is 5.49. The number of nitrogens with zero attached hydrogens (tertiary/aromatic N) is 1. The molecule has 0 radical (unpaired) electrons. The molecule has 1 aromatic rings. The van der Waals surface area contributed by atoms with Crippen molar-refractivity contribution in [3.05, 3.63) is 48.2 Å². The Morgan fingerprint density at radius 3 is 2.12 bits per heavy atom. The van der Waals surface area contributed by atoms with Crippen LogP contribution in [0.25, 0.3) is 0 Å². The Kier molecular flexibility index (Phi) is 13.4. The topological polar surface area (TPSA) is 143 Å². The summed E-state index contributed by atoms with van der Waals surface area (Å²) >= 11 is 0. The molecular formula is C31H45NO8. The van der Waals surface area contributed by atoms with E-state index in [4.69, 9.17) is 14.7 Å². The smallest absolute Gasteiger partial charge is 0.311 e. The Balaban J connectivity index is 3.30. The second kappa shape index (κ2) is 15.4. The molecule has 0 aliphatic rings. The van der Waals surface area contributed by atoms with Crippen molar-refractivity contribution in [2.75, 3.05) is 14.2 Å². The predicted molar refractivity (Wildman–Crippen MR) is 150 cm³/mol. The number of carboxylic acid groups (broad SMARTS) is 1. The lowest BCUT2D eigenvalue weighted by molar-refractivity contribution is -0.207. The van der Waals surface area contributed by atoms with Gasteiger partial charge in [0.25, 0.3) is 0 Å². The van der Waals surface area contributed by atoms with Crippen LogP contribution in [0.4, 0.5) is 0 Å². The minimum absolute atomic E-state index is 0.0163. The summed E-state index contributed by atoms with van der Waals surface area (Å²) in [6.07, 6.45) is 2.59. The lowest BCUT2D eigenvalue weighted by Crippen LogP contribution is -2.38. The zero-order chi connectivity index (χ0) is 30.6. The van der Waals surface area contributed by atoms with Gasteiger partial charge in [-0.05, 0) is 77.2 Å². The van der Waals surface area contributed by atoms with E-state index in [0.29, 0.717) is 32.1 Å². The Hall–Kier alpha value is -3.38. The fraction of sp³-hybridized carbons (Fsp3) is 0.613. The molecule has 0 aliphatic heterocycles. The van der Waals surface area contributed by atoms with E-state index in [9.17, 15) is 24.8 Å². The van der Waals surface area contributed by atoms with Gasteiger partial charge in [-0.3, -0.25) is 14.4 Å². The molecule has 0 fully saturated rings. The average molecular weight is 560 g/mol. The van der Waals surface area contributed by atoms with Gasteiger partial charge in [0, 0.05) is 6.42 Å². The number of nitriles is 1. The molecular weight excluding hydrogens is 514 g/mol. The van der Waals surface area contributed by atoms with Crippen molar-refractivity contribution in [2.24, 2.45) is 22.2 Å². The second-order valence-electron chi connectivity index (χ2n) is 11.6. The molecule has 5 unspecified atom stereocenters. The third-order valence-corrected chi connectivity index (χ3v) is 8.15. The molecule has 0 aliphatic carbocycles. The third kappa shape index (κ3) is 9.67. The van der Waals surface area contributed by atoms with Crippen LogP contribution in [0, 0.1) is 33.5 Å². The van der Waals surface area contributed by atoms with Crippen LogP contribution in [0.3, 0.4) is 0 Å². The maximum atomic E-state index is 13.1. The van der Waals surface area contributed by atoms with E-state index in [1.807, 2.05) is 37.3 Å². The van der Waals surface area contributed by atoms with E-state index in [-0.39, 0.29) is 30.9 Å². The molecule has 1 aromatic carbocycles. The van der Waals surface area contributed by atoms with Gasteiger partial charge in [-0.1, -0.05) is 43.8 Å². The maximum Gasteiger partial charge on any atom is 0.311 e. The Morgan fingerprint density at radius 1 is 1.02 bits per heavy atom. The highest BCUT2D eigenvalue weighted by molar-refractivity contribution is 5.79. The average Bonchev–Trinajstić information content (AvgIpc) is 2.95. The third-order valence-electron chi connectivity index (χ3n) is 8.15. The first-order valence-electron chi connectivity index (χ1n) is 13.6. The van der Waals surface area contributed by atoms with E-state index < -0.39 is 40.1 Å². The standard InChI is InChI=1S/C31H45NO8/c1-8-30(4,27(34)35)17-16-24(23-12-10-9-11-13-23)14-15-25(26(33)38-6)19-31(5,28(36)39-7)20-29(3,21-32)18-22(2)40-37/h9-13,24-25,37H,2,8,14-20H2,1,3-7H3,(H,34,35). The summed E-state index contributed by atoms with van der Waals surface area (Å²) in [7, 11) is 2.55. The van der Waals surface area contributed by atoms with Gasteiger partial charge in [-0.25, -0.2) is 5.26 Å². The monoisotopic (exact) mass is 559 g/mol. The van der Waals surface area contributed by atoms with E-state index in [1.165, 1.54) is 14.2 Å². The first-order valence-corrected chi connectivity index (χ1v) is 13.6. The van der Waals surface area contributed by atoms with Crippen LogP contribution in [-0.4, -0.2) is 42.5 Å². The maximum absolute atomic E-state index is 13.1. The highest BCUT2D eigenvalue weighted by Gasteiger charge is 2.45. The molecule has 9 heteroatoms. The van der Waals surface area contributed by atoms with Gasteiger partial charge in [0.1, 0.15) is 5.76 Å². The van der Waals surface area contributed by atoms with Gasteiger partial charge < -0.3 is 19.5 Å². The van der Waals surface area contributed by atoms with Gasteiger partial charge in [0.2, 0.25) is 0 Å². The summed E-state index contributed by atoms with van der Waals surface area (Å²) in [5.41, 5.74) is -2.19. The normalized spacial score (nSPS) is 17.1. The van der Waals surface area contributed by atoms with E-state index in [0.717, 1.165) is 5.56 Å². The number of allylic oxidation sites excluding steroid dienone is 1. The van der Waals surface area contributed by atoms with Crippen molar-refractivity contribution in [3.63, 3.8) is 0 Å². The van der Waals surface area contributed by atoms with Crippen LogP contribution in [0.1, 0.15) is 90.5 Å². The van der Waals surface area contributed by atoms with E-state index in [2.05, 4.69) is 17.5 Å². The van der Waals surface area contributed by atoms with Gasteiger partial charge in [0.15, 0.2) is 0 Å². The molecule has 0 bridgehead atoms. The molecule has 0 amide bonds. The largest absolute Gasteiger partial charge is 0.481 e. The number of methoxy groups -OCH3 is 2. The van der Waals surface area contributed by atoms with E-state index >= 15 is 0 Å². The minimum atomic E-state index is -1.24. The number of benzene rings is 1. The molecule has 1 rings (SSSR count). The Bertz CT molecular complexity index is 1050. The number of aliphatic carboxylic acids is 1. The molecule has 0 heterocycles. The summed E-state index contributed by atoms with van der Waals surface area (Å²) in [6, 6.07) is 11.9. The van der Waals surface area contributed by atoms with Crippen LogP contribution < -0.4 is 0 Å². The molecule has 5 atom stereocenters. The molecule has 9 nitrogen and oxygen atoms in total. The first kappa shape index (κ1) is 34.6. The van der Waals surface area contributed by atoms with Crippen LogP contribution >= 0.6 is 0 Å². The number of hydrogen-bond acceptors (Lipinski definition) is 8. The van der Waals surface area contributed by atoms with Gasteiger partial charge in [-0.2, -0.15) is 5.26 Å². The molecule has 222 valence electrons. The highest BCUT2D eigenvalue weighted by atomic mass is 17.1. The fourth-order valence-corrected chi connectivity index (χ4v) is 5.49. The summed E-state index contributed by atoms with van der Waals surface area (Å²) in [5.74, 6) is -2.61. The summed E-state index contributed by atoms with van der Waals surface area (Å²) in [4.78, 5) is 42.1. The van der Waals surface area contributed by atoms with Crippen molar-refractivity contribution in [1.82, 2.24) is 0 Å². The summed E-state index contributed by atoms with van der Waals surface area (Å²) in [5, 5.41) is 28.6. The quantitative estimate of drug-likeness (QED) is 0.0891.